The Balaban J connectivity index is 2.38. The third-order valence-electron chi connectivity index (χ3n) is 3.58. The van der Waals surface area contributed by atoms with Gasteiger partial charge in [-0.15, -0.1) is 0 Å². The Morgan fingerprint density at radius 2 is 1.20 bits per heavy atom. The first-order valence-electron chi connectivity index (χ1n) is 6.58. The summed E-state index contributed by atoms with van der Waals surface area (Å²) >= 11 is 0. The van der Waals surface area contributed by atoms with Crippen LogP contribution in [0.2, 0.25) is 0 Å². The molecule has 0 bridgehead atoms. The van der Waals surface area contributed by atoms with Crippen LogP contribution in [0.4, 0.5) is 11.4 Å². The first-order chi connectivity index (χ1) is 9.56. The molecule has 2 rings (SSSR count). The Kier molecular flexibility index (Phi) is 4.03. The van der Waals surface area contributed by atoms with Gasteiger partial charge in [-0.3, -0.25) is 0 Å². The van der Waals surface area contributed by atoms with Crippen molar-refractivity contribution in [2.45, 2.75) is 12.8 Å². The van der Waals surface area contributed by atoms with Crippen LogP contribution < -0.4 is 10.6 Å². The third kappa shape index (κ3) is 2.64. The van der Waals surface area contributed by atoms with E-state index >= 15 is 0 Å². The third-order valence-corrected chi connectivity index (χ3v) is 3.58. The van der Waals surface area contributed by atoms with E-state index < -0.39 is 0 Å². The van der Waals surface area contributed by atoms with Crippen LogP contribution in [0.3, 0.4) is 0 Å². The van der Waals surface area contributed by atoms with Gasteiger partial charge in [0.15, 0.2) is 0 Å². The van der Waals surface area contributed by atoms with E-state index in [1.54, 1.807) is 26.2 Å². The lowest BCUT2D eigenvalue weighted by Gasteiger charge is -2.16. The highest BCUT2D eigenvalue weighted by atomic mass is 16.3. The quantitative estimate of drug-likeness (QED) is 0.645. The van der Waals surface area contributed by atoms with Crippen molar-refractivity contribution in [2.75, 3.05) is 24.7 Å². The summed E-state index contributed by atoms with van der Waals surface area (Å²) in [6.07, 6.45) is 0. The Hall–Kier alpha value is -2.36. The van der Waals surface area contributed by atoms with Crippen LogP contribution in [-0.4, -0.2) is 24.3 Å². The summed E-state index contributed by atoms with van der Waals surface area (Å²) in [6.45, 7) is 2.09. The second kappa shape index (κ2) is 5.74. The molecule has 0 saturated heterocycles. The molecule has 2 aromatic carbocycles. The molecule has 4 heteroatoms. The number of aromatic hydroxyl groups is 2. The molecule has 0 spiro atoms. The maximum Gasteiger partial charge on any atom is 0.138 e. The van der Waals surface area contributed by atoms with Crippen molar-refractivity contribution in [1.82, 2.24) is 0 Å². The van der Waals surface area contributed by atoms with Gasteiger partial charge in [0, 0.05) is 20.0 Å². The summed E-state index contributed by atoms with van der Waals surface area (Å²) in [5, 5.41) is 25.3. The van der Waals surface area contributed by atoms with E-state index in [0.29, 0.717) is 11.4 Å². The van der Waals surface area contributed by atoms with Crippen LogP contribution >= 0.6 is 0 Å². The van der Waals surface area contributed by atoms with Crippen LogP contribution in [0.25, 0.3) is 0 Å². The SMILES string of the molecule is CNc1cc(C(C)c2ccc(O)c(NC)c2)ccc1O. The van der Waals surface area contributed by atoms with Gasteiger partial charge in [-0.25, -0.2) is 0 Å². The first kappa shape index (κ1) is 14.1. The molecule has 106 valence electrons. The van der Waals surface area contributed by atoms with Gasteiger partial charge in [0.2, 0.25) is 0 Å². The lowest BCUT2D eigenvalue weighted by atomic mass is 9.92. The van der Waals surface area contributed by atoms with Gasteiger partial charge in [-0.1, -0.05) is 19.1 Å². The molecule has 0 aromatic heterocycles. The van der Waals surface area contributed by atoms with Gasteiger partial charge in [-0.05, 0) is 35.4 Å². The molecule has 0 saturated carbocycles. The zero-order valence-electron chi connectivity index (χ0n) is 11.9. The molecular weight excluding hydrogens is 252 g/mol. The van der Waals surface area contributed by atoms with Crippen LogP contribution in [0.5, 0.6) is 11.5 Å². The number of rotatable bonds is 4. The Bertz CT molecular complexity index is 558. The molecule has 4 nitrogen and oxygen atoms in total. The number of phenolic OH excluding ortho intramolecular Hbond substituents is 2. The van der Waals surface area contributed by atoms with E-state index in [2.05, 4.69) is 17.6 Å². The highest BCUT2D eigenvalue weighted by Crippen LogP contribution is 2.33. The smallest absolute Gasteiger partial charge is 0.138 e. The minimum Gasteiger partial charge on any atom is -0.506 e. The summed E-state index contributed by atoms with van der Waals surface area (Å²) in [4.78, 5) is 0. The number of hydrogen-bond acceptors (Lipinski definition) is 4. The number of phenols is 2. The predicted octanol–water partition coefficient (Wildman–Crippen LogP) is 3.33. The molecule has 0 fully saturated rings. The fourth-order valence-electron chi connectivity index (χ4n) is 2.24. The van der Waals surface area contributed by atoms with E-state index in [-0.39, 0.29) is 17.4 Å². The zero-order valence-corrected chi connectivity index (χ0v) is 11.9. The van der Waals surface area contributed by atoms with Gasteiger partial charge < -0.3 is 20.8 Å². The van der Waals surface area contributed by atoms with Crippen LogP contribution in [0, 0.1) is 0 Å². The standard InChI is InChI=1S/C16H20N2O2/c1-10(11-4-6-15(19)13(8-11)17-2)12-5-7-16(20)14(9-12)18-3/h4-10,17-20H,1-3H3. The average molecular weight is 272 g/mol. The molecule has 0 amide bonds. The number of anilines is 2. The summed E-state index contributed by atoms with van der Waals surface area (Å²) in [5.41, 5.74) is 3.61. The lowest BCUT2D eigenvalue weighted by Crippen LogP contribution is -1.99. The molecule has 2 aromatic rings. The van der Waals surface area contributed by atoms with E-state index in [1.807, 2.05) is 24.3 Å². The zero-order chi connectivity index (χ0) is 14.7. The summed E-state index contributed by atoms with van der Waals surface area (Å²) in [6, 6.07) is 11.1. The number of hydrogen-bond donors (Lipinski definition) is 4. The molecule has 0 aliphatic rings. The maximum atomic E-state index is 9.70. The fraction of sp³-hybridized carbons (Fsp3) is 0.250. The average Bonchev–Trinajstić information content (AvgIpc) is 2.47. The normalized spacial score (nSPS) is 10.6. The van der Waals surface area contributed by atoms with Gasteiger partial charge >= 0.3 is 0 Å². The van der Waals surface area contributed by atoms with Crippen LogP contribution in [0.15, 0.2) is 36.4 Å². The Morgan fingerprint density at radius 1 is 0.800 bits per heavy atom. The van der Waals surface area contributed by atoms with E-state index in [1.165, 1.54) is 0 Å². The van der Waals surface area contributed by atoms with Crippen molar-refractivity contribution >= 4 is 11.4 Å². The van der Waals surface area contributed by atoms with Crippen molar-refractivity contribution in [3.63, 3.8) is 0 Å². The van der Waals surface area contributed by atoms with Crippen LogP contribution in [0.1, 0.15) is 24.0 Å². The highest BCUT2D eigenvalue weighted by molar-refractivity contribution is 5.60. The fourth-order valence-corrected chi connectivity index (χ4v) is 2.24. The molecule has 0 atom stereocenters. The second-order valence-corrected chi connectivity index (χ2v) is 4.77. The minimum absolute atomic E-state index is 0.162. The summed E-state index contributed by atoms with van der Waals surface area (Å²) < 4.78 is 0. The molecule has 0 aliphatic carbocycles. The largest absolute Gasteiger partial charge is 0.506 e. The van der Waals surface area contributed by atoms with E-state index in [0.717, 1.165) is 11.1 Å². The predicted molar refractivity (Wildman–Crippen MR) is 82.8 cm³/mol. The maximum absolute atomic E-state index is 9.70. The molecule has 0 heterocycles. The summed E-state index contributed by atoms with van der Waals surface area (Å²) in [7, 11) is 3.56. The van der Waals surface area contributed by atoms with Gasteiger partial charge in [0.1, 0.15) is 11.5 Å². The molecular formula is C16H20N2O2. The molecule has 0 unspecified atom stereocenters. The number of nitrogens with one attached hydrogen (secondary N) is 2. The summed E-state index contributed by atoms with van der Waals surface area (Å²) in [5.74, 6) is 0.644. The van der Waals surface area contributed by atoms with Gasteiger partial charge in [0.05, 0.1) is 11.4 Å². The van der Waals surface area contributed by atoms with Gasteiger partial charge in [-0.2, -0.15) is 0 Å². The van der Waals surface area contributed by atoms with E-state index in [4.69, 9.17) is 0 Å². The van der Waals surface area contributed by atoms with Crippen molar-refractivity contribution in [1.29, 1.82) is 0 Å². The monoisotopic (exact) mass is 272 g/mol. The minimum atomic E-state index is 0.162. The second-order valence-electron chi connectivity index (χ2n) is 4.77. The molecule has 0 radical (unpaired) electrons. The van der Waals surface area contributed by atoms with Crippen molar-refractivity contribution in [3.8, 4) is 11.5 Å². The molecule has 20 heavy (non-hydrogen) atoms. The van der Waals surface area contributed by atoms with Gasteiger partial charge in [0.25, 0.3) is 0 Å². The highest BCUT2D eigenvalue weighted by Gasteiger charge is 2.12. The van der Waals surface area contributed by atoms with Crippen molar-refractivity contribution < 1.29 is 10.2 Å². The topological polar surface area (TPSA) is 64.5 Å². The first-order valence-corrected chi connectivity index (χ1v) is 6.58. The molecule has 4 N–H and O–H groups in total. The Morgan fingerprint density at radius 3 is 1.55 bits per heavy atom. The van der Waals surface area contributed by atoms with Crippen LogP contribution in [-0.2, 0) is 0 Å². The van der Waals surface area contributed by atoms with E-state index in [9.17, 15) is 10.2 Å². The Labute approximate surface area is 119 Å². The lowest BCUT2D eigenvalue weighted by molar-refractivity contribution is 0.477. The van der Waals surface area contributed by atoms with Crippen molar-refractivity contribution in [2.24, 2.45) is 0 Å². The molecule has 0 aliphatic heterocycles. The van der Waals surface area contributed by atoms with Crippen molar-refractivity contribution in [3.05, 3.63) is 47.5 Å². The number of benzene rings is 2.